The van der Waals surface area contributed by atoms with Gasteiger partial charge < -0.3 is 9.32 Å². The fourth-order valence-electron chi connectivity index (χ4n) is 3.06. The monoisotopic (exact) mass is 295 g/mol. The second kappa shape index (κ2) is 5.64. The second-order valence-corrected chi connectivity index (χ2v) is 5.79. The van der Waals surface area contributed by atoms with Gasteiger partial charge in [-0.05, 0) is 30.9 Å². The number of amides is 1. The van der Waals surface area contributed by atoms with E-state index in [2.05, 4.69) is 11.9 Å². The average Bonchev–Trinajstić information content (AvgIpc) is 3.10. The molecule has 0 spiro atoms. The number of hydrogen-bond donors (Lipinski definition) is 0. The zero-order valence-electron chi connectivity index (χ0n) is 12.6. The number of nitrogens with zero attached hydrogens (tertiary/aromatic N) is 3. The molecule has 0 unspecified atom stereocenters. The highest BCUT2D eigenvalue weighted by Gasteiger charge is 2.35. The van der Waals surface area contributed by atoms with Crippen LogP contribution in [0, 0.1) is 24.2 Å². The highest BCUT2D eigenvalue weighted by atomic mass is 16.3. The van der Waals surface area contributed by atoms with E-state index in [-0.39, 0.29) is 17.7 Å². The topological polar surface area (TPSA) is 70.1 Å². The molecule has 0 radical (unpaired) electrons. The number of hydrogen-bond acceptors (Lipinski definition) is 4. The van der Waals surface area contributed by atoms with Crippen LogP contribution in [-0.4, -0.2) is 22.3 Å². The van der Waals surface area contributed by atoms with Crippen molar-refractivity contribution < 1.29 is 9.21 Å². The van der Waals surface area contributed by atoms with Gasteiger partial charge in [0, 0.05) is 25.0 Å². The van der Waals surface area contributed by atoms with Crippen LogP contribution >= 0.6 is 0 Å². The van der Waals surface area contributed by atoms with Crippen LogP contribution in [0.5, 0.6) is 0 Å². The molecule has 5 nitrogen and oxygen atoms in total. The molecule has 3 rings (SSSR count). The molecular weight excluding hydrogens is 278 g/mol. The first-order valence-corrected chi connectivity index (χ1v) is 7.31. The van der Waals surface area contributed by atoms with Gasteiger partial charge in [-0.3, -0.25) is 9.78 Å². The van der Waals surface area contributed by atoms with Crippen molar-refractivity contribution in [3.05, 3.63) is 53.2 Å². The van der Waals surface area contributed by atoms with E-state index in [9.17, 15) is 4.79 Å². The molecule has 3 heterocycles. The van der Waals surface area contributed by atoms with Crippen molar-refractivity contribution in [2.75, 3.05) is 6.54 Å². The van der Waals surface area contributed by atoms with Gasteiger partial charge in [0.15, 0.2) is 0 Å². The number of nitriles is 1. The Hall–Kier alpha value is -2.61. The van der Waals surface area contributed by atoms with Crippen LogP contribution in [-0.2, 0) is 0 Å². The van der Waals surface area contributed by atoms with Crippen molar-refractivity contribution in [2.24, 2.45) is 5.92 Å². The van der Waals surface area contributed by atoms with E-state index in [4.69, 9.17) is 9.68 Å². The third-order valence-corrected chi connectivity index (χ3v) is 4.10. The number of aryl methyl sites for hydroxylation is 1. The van der Waals surface area contributed by atoms with Gasteiger partial charge in [0.05, 0.1) is 11.6 Å². The number of pyridine rings is 1. The minimum atomic E-state index is -0.0825. The molecule has 22 heavy (non-hydrogen) atoms. The van der Waals surface area contributed by atoms with Crippen molar-refractivity contribution in [2.45, 2.75) is 26.3 Å². The molecule has 1 fully saturated rings. The Balaban J connectivity index is 1.93. The van der Waals surface area contributed by atoms with E-state index in [1.165, 1.54) is 6.07 Å². The Kier molecular flexibility index (Phi) is 3.68. The Morgan fingerprint density at radius 3 is 3.00 bits per heavy atom. The van der Waals surface area contributed by atoms with Gasteiger partial charge in [-0.25, -0.2) is 0 Å². The minimum Gasteiger partial charge on any atom is -0.450 e. The minimum absolute atomic E-state index is 0.0241. The number of rotatable bonds is 2. The molecule has 2 aromatic rings. The van der Waals surface area contributed by atoms with Crippen LogP contribution in [0.4, 0.5) is 0 Å². The molecule has 1 aliphatic heterocycles. The highest BCUT2D eigenvalue weighted by Crippen LogP contribution is 2.36. The predicted octanol–water partition coefficient (Wildman–Crippen LogP) is 3.08. The van der Waals surface area contributed by atoms with E-state index in [0.717, 1.165) is 12.0 Å². The Morgan fingerprint density at radius 2 is 2.36 bits per heavy atom. The maximum atomic E-state index is 12.9. The molecule has 2 atom stereocenters. The third kappa shape index (κ3) is 2.48. The first-order chi connectivity index (χ1) is 10.6. The summed E-state index contributed by atoms with van der Waals surface area (Å²) in [6, 6.07) is 7.38. The van der Waals surface area contributed by atoms with Gasteiger partial charge in [0.25, 0.3) is 5.91 Å². The lowest BCUT2D eigenvalue weighted by Crippen LogP contribution is -2.31. The van der Waals surface area contributed by atoms with Crippen molar-refractivity contribution in [3.8, 4) is 6.07 Å². The third-order valence-electron chi connectivity index (χ3n) is 4.10. The molecule has 112 valence electrons. The van der Waals surface area contributed by atoms with Crippen LogP contribution < -0.4 is 0 Å². The van der Waals surface area contributed by atoms with Crippen molar-refractivity contribution in [3.63, 3.8) is 0 Å². The molecule has 1 amide bonds. The quantitative estimate of drug-likeness (QED) is 0.853. The van der Waals surface area contributed by atoms with Crippen LogP contribution in [0.3, 0.4) is 0 Å². The molecule has 5 heteroatoms. The van der Waals surface area contributed by atoms with Gasteiger partial charge >= 0.3 is 0 Å². The fourth-order valence-corrected chi connectivity index (χ4v) is 3.06. The molecular formula is C17H17N3O2. The van der Waals surface area contributed by atoms with Crippen LogP contribution in [0.25, 0.3) is 0 Å². The summed E-state index contributed by atoms with van der Waals surface area (Å²) >= 11 is 0. The average molecular weight is 295 g/mol. The van der Waals surface area contributed by atoms with Gasteiger partial charge in [-0.15, -0.1) is 0 Å². The predicted molar refractivity (Wildman–Crippen MR) is 80.0 cm³/mol. The van der Waals surface area contributed by atoms with Crippen LogP contribution in [0.1, 0.15) is 46.8 Å². The van der Waals surface area contributed by atoms with E-state index in [1.807, 2.05) is 29.3 Å². The Morgan fingerprint density at radius 1 is 1.55 bits per heavy atom. The lowest BCUT2D eigenvalue weighted by Gasteiger charge is -2.24. The molecule has 2 aromatic heterocycles. The number of likely N-dealkylation sites (tertiary alicyclic amines) is 1. The lowest BCUT2D eigenvalue weighted by molar-refractivity contribution is 0.0730. The zero-order chi connectivity index (χ0) is 15.7. The summed E-state index contributed by atoms with van der Waals surface area (Å²) in [5, 5.41) is 8.92. The summed E-state index contributed by atoms with van der Waals surface area (Å²) in [7, 11) is 0. The summed E-state index contributed by atoms with van der Waals surface area (Å²) in [5.74, 6) is 1.01. The van der Waals surface area contributed by atoms with Crippen molar-refractivity contribution >= 4 is 5.91 Å². The lowest BCUT2D eigenvalue weighted by atomic mass is 10.0. The van der Waals surface area contributed by atoms with E-state index >= 15 is 0 Å². The largest absolute Gasteiger partial charge is 0.450 e. The van der Waals surface area contributed by atoms with Crippen molar-refractivity contribution in [1.29, 1.82) is 5.26 Å². The van der Waals surface area contributed by atoms with Gasteiger partial charge in [-0.2, -0.15) is 5.26 Å². The number of aromatic nitrogens is 1. The molecule has 0 bridgehead atoms. The van der Waals surface area contributed by atoms with E-state index < -0.39 is 0 Å². The van der Waals surface area contributed by atoms with E-state index in [0.29, 0.717) is 23.8 Å². The summed E-state index contributed by atoms with van der Waals surface area (Å²) in [4.78, 5) is 18.9. The zero-order valence-corrected chi connectivity index (χ0v) is 12.6. The summed E-state index contributed by atoms with van der Waals surface area (Å²) < 4.78 is 5.29. The molecule has 0 aliphatic carbocycles. The number of furan rings is 1. The molecule has 1 aliphatic rings. The highest BCUT2D eigenvalue weighted by molar-refractivity contribution is 5.96. The molecule has 0 N–H and O–H groups in total. The van der Waals surface area contributed by atoms with Crippen LogP contribution in [0.15, 0.2) is 35.0 Å². The standard InChI is InChI=1S/C17H17N3O2/c1-11-6-16(13-4-3-5-19-9-13)20(10-11)17(21)15-7-14(8-18)22-12(15)2/h3-5,7,9,11,16H,6,10H2,1-2H3/t11-,16+/m0/s1. The van der Waals surface area contributed by atoms with Gasteiger partial charge in [-0.1, -0.05) is 13.0 Å². The molecule has 0 saturated carbocycles. The summed E-state index contributed by atoms with van der Waals surface area (Å²) in [6.45, 7) is 4.55. The first-order valence-electron chi connectivity index (χ1n) is 7.31. The number of carbonyl (C=O) groups excluding carboxylic acids is 1. The van der Waals surface area contributed by atoms with E-state index in [1.54, 1.807) is 13.1 Å². The number of carbonyl (C=O) groups is 1. The Labute approximate surface area is 129 Å². The summed E-state index contributed by atoms with van der Waals surface area (Å²) in [5.41, 5.74) is 1.52. The summed E-state index contributed by atoms with van der Waals surface area (Å²) in [6.07, 6.45) is 4.46. The fraction of sp³-hybridized carbons (Fsp3) is 0.353. The maximum Gasteiger partial charge on any atom is 0.257 e. The maximum absolute atomic E-state index is 12.9. The van der Waals surface area contributed by atoms with Crippen molar-refractivity contribution in [1.82, 2.24) is 9.88 Å². The van der Waals surface area contributed by atoms with Gasteiger partial charge in [0.2, 0.25) is 5.76 Å². The molecule has 1 saturated heterocycles. The second-order valence-electron chi connectivity index (χ2n) is 5.79. The Bertz CT molecular complexity index is 730. The SMILES string of the molecule is Cc1oc(C#N)cc1C(=O)N1C[C@@H](C)C[C@@H]1c1cccnc1. The molecule has 0 aromatic carbocycles. The smallest absolute Gasteiger partial charge is 0.257 e. The van der Waals surface area contributed by atoms with Crippen LogP contribution in [0.2, 0.25) is 0 Å². The first kappa shape index (κ1) is 14.3. The normalized spacial score (nSPS) is 20.9. The van der Waals surface area contributed by atoms with Gasteiger partial charge in [0.1, 0.15) is 11.8 Å².